The van der Waals surface area contributed by atoms with Gasteiger partial charge in [-0.05, 0) is 19.0 Å². The van der Waals surface area contributed by atoms with Gasteiger partial charge in [-0.3, -0.25) is 4.90 Å². The number of rotatable bonds is 3. The summed E-state index contributed by atoms with van der Waals surface area (Å²) in [5, 5.41) is 3.34. The third-order valence-corrected chi connectivity index (χ3v) is 7.72. The molecule has 0 saturated carbocycles. The van der Waals surface area contributed by atoms with Gasteiger partial charge in [0.1, 0.15) is 9.23 Å². The summed E-state index contributed by atoms with van der Waals surface area (Å²) >= 11 is 12.9. The lowest BCUT2D eigenvalue weighted by Crippen LogP contribution is -2.52. The van der Waals surface area contributed by atoms with Crippen molar-refractivity contribution in [2.45, 2.75) is 17.4 Å². The highest BCUT2D eigenvalue weighted by Gasteiger charge is 2.33. The zero-order chi connectivity index (χ0) is 15.0. The summed E-state index contributed by atoms with van der Waals surface area (Å²) in [5.41, 5.74) is 0. The van der Waals surface area contributed by atoms with Crippen LogP contribution in [0.1, 0.15) is 6.42 Å². The fourth-order valence-corrected chi connectivity index (χ4v) is 6.44. The van der Waals surface area contributed by atoms with Crippen molar-refractivity contribution in [3.05, 3.63) is 14.7 Å². The number of thiophene rings is 1. The van der Waals surface area contributed by atoms with Crippen molar-refractivity contribution in [3.63, 3.8) is 0 Å². The molecule has 0 bridgehead atoms. The molecule has 0 aliphatic carbocycles. The van der Waals surface area contributed by atoms with E-state index in [9.17, 15) is 8.42 Å². The molecule has 0 aromatic carbocycles. The molecule has 0 amide bonds. The molecule has 2 saturated heterocycles. The molecule has 1 N–H and O–H groups in total. The SMILES string of the molecule is O=S(=O)(c1cc(Cl)sc1Cl)N1CCN(C2CCNC2)CC1. The Morgan fingerprint density at radius 3 is 2.48 bits per heavy atom. The van der Waals surface area contributed by atoms with E-state index >= 15 is 0 Å². The van der Waals surface area contributed by atoms with Gasteiger partial charge in [0.05, 0.1) is 4.34 Å². The highest BCUT2D eigenvalue weighted by atomic mass is 35.5. The van der Waals surface area contributed by atoms with Crippen molar-refractivity contribution in [2.24, 2.45) is 0 Å². The summed E-state index contributed by atoms with van der Waals surface area (Å²) < 4.78 is 27.4. The van der Waals surface area contributed by atoms with Gasteiger partial charge in [0, 0.05) is 38.8 Å². The molecule has 1 aromatic rings. The van der Waals surface area contributed by atoms with Gasteiger partial charge in [-0.2, -0.15) is 4.31 Å². The molecule has 0 radical (unpaired) electrons. The van der Waals surface area contributed by atoms with Crippen LogP contribution in [0.25, 0.3) is 0 Å². The summed E-state index contributed by atoms with van der Waals surface area (Å²) in [7, 11) is -3.53. The predicted octanol–water partition coefficient (Wildman–Crippen LogP) is 1.72. The van der Waals surface area contributed by atoms with Gasteiger partial charge in [-0.15, -0.1) is 11.3 Å². The maximum Gasteiger partial charge on any atom is 0.245 e. The number of piperazine rings is 1. The standard InChI is InChI=1S/C12H17Cl2N3O2S2/c13-11-7-10(12(14)20-11)21(18,19)17-5-3-16(4-6-17)9-1-2-15-8-9/h7,9,15H,1-6,8H2. The molecule has 2 fully saturated rings. The molecular weight excluding hydrogens is 353 g/mol. The van der Waals surface area contributed by atoms with E-state index in [0.29, 0.717) is 23.5 Å². The third kappa shape index (κ3) is 3.24. The first-order valence-corrected chi connectivity index (χ1v) is 9.89. The van der Waals surface area contributed by atoms with E-state index in [4.69, 9.17) is 23.2 Å². The molecule has 3 heterocycles. The molecule has 1 atom stereocenters. The van der Waals surface area contributed by atoms with E-state index in [1.165, 1.54) is 10.4 Å². The van der Waals surface area contributed by atoms with Crippen LogP contribution >= 0.6 is 34.5 Å². The lowest BCUT2D eigenvalue weighted by Gasteiger charge is -2.37. The predicted molar refractivity (Wildman–Crippen MR) is 85.9 cm³/mol. The summed E-state index contributed by atoms with van der Waals surface area (Å²) in [6, 6.07) is 1.98. The maximum atomic E-state index is 12.6. The fourth-order valence-electron chi connectivity index (χ4n) is 2.90. The van der Waals surface area contributed by atoms with Crippen LogP contribution in [0.4, 0.5) is 0 Å². The molecule has 3 rings (SSSR count). The van der Waals surface area contributed by atoms with Gasteiger partial charge < -0.3 is 5.32 Å². The minimum absolute atomic E-state index is 0.134. The van der Waals surface area contributed by atoms with E-state index in [2.05, 4.69) is 10.2 Å². The molecule has 1 aromatic heterocycles. The van der Waals surface area contributed by atoms with Gasteiger partial charge in [0.15, 0.2) is 0 Å². The largest absolute Gasteiger partial charge is 0.315 e. The van der Waals surface area contributed by atoms with Crippen molar-refractivity contribution in [2.75, 3.05) is 39.3 Å². The van der Waals surface area contributed by atoms with Crippen LogP contribution in [0.5, 0.6) is 0 Å². The second-order valence-corrected chi connectivity index (χ2v) is 9.47. The van der Waals surface area contributed by atoms with Gasteiger partial charge in [0.25, 0.3) is 0 Å². The van der Waals surface area contributed by atoms with Crippen LogP contribution in [-0.2, 0) is 10.0 Å². The highest BCUT2D eigenvalue weighted by Crippen LogP contribution is 2.36. The second-order valence-electron chi connectivity index (χ2n) is 5.28. The summed E-state index contributed by atoms with van der Waals surface area (Å²) in [6.07, 6.45) is 1.14. The first-order valence-electron chi connectivity index (χ1n) is 6.88. The number of nitrogens with zero attached hydrogens (tertiary/aromatic N) is 2. The van der Waals surface area contributed by atoms with Gasteiger partial charge >= 0.3 is 0 Å². The zero-order valence-electron chi connectivity index (χ0n) is 11.4. The van der Waals surface area contributed by atoms with Crippen LogP contribution in [0.3, 0.4) is 0 Å². The molecule has 0 spiro atoms. The monoisotopic (exact) mass is 369 g/mol. The number of sulfonamides is 1. The quantitative estimate of drug-likeness (QED) is 0.881. The van der Waals surface area contributed by atoms with E-state index < -0.39 is 10.0 Å². The molecule has 21 heavy (non-hydrogen) atoms. The summed E-state index contributed by atoms with van der Waals surface area (Å²) in [4.78, 5) is 2.50. The molecule has 9 heteroatoms. The van der Waals surface area contributed by atoms with Crippen molar-refractivity contribution >= 4 is 44.6 Å². The Morgan fingerprint density at radius 1 is 1.24 bits per heavy atom. The number of halogens is 2. The Morgan fingerprint density at radius 2 is 1.95 bits per heavy atom. The highest BCUT2D eigenvalue weighted by molar-refractivity contribution is 7.89. The first-order chi connectivity index (χ1) is 9.98. The molecule has 2 aliphatic heterocycles. The van der Waals surface area contributed by atoms with E-state index in [1.54, 1.807) is 0 Å². The van der Waals surface area contributed by atoms with Crippen molar-refractivity contribution in [3.8, 4) is 0 Å². The van der Waals surface area contributed by atoms with Crippen LogP contribution in [0, 0.1) is 0 Å². The number of nitrogens with one attached hydrogen (secondary N) is 1. The minimum Gasteiger partial charge on any atom is -0.315 e. The summed E-state index contributed by atoms with van der Waals surface area (Å²) in [6.45, 7) is 4.58. The Bertz CT molecular complexity index is 606. The van der Waals surface area contributed by atoms with Crippen LogP contribution in [-0.4, -0.2) is 62.9 Å². The minimum atomic E-state index is -3.53. The Hall–Kier alpha value is 0.110. The van der Waals surface area contributed by atoms with Gasteiger partial charge in [-0.25, -0.2) is 8.42 Å². The van der Waals surface area contributed by atoms with Gasteiger partial charge in [-0.1, -0.05) is 23.2 Å². The van der Waals surface area contributed by atoms with Crippen LogP contribution in [0.15, 0.2) is 11.0 Å². The second kappa shape index (κ2) is 6.31. The Balaban J connectivity index is 1.69. The van der Waals surface area contributed by atoms with Crippen molar-refractivity contribution < 1.29 is 8.42 Å². The van der Waals surface area contributed by atoms with Crippen molar-refractivity contribution in [1.82, 2.24) is 14.5 Å². The lowest BCUT2D eigenvalue weighted by molar-refractivity contribution is 0.145. The third-order valence-electron chi connectivity index (χ3n) is 4.07. The van der Waals surface area contributed by atoms with E-state index in [1.807, 2.05) is 0 Å². The normalized spacial score (nSPS) is 25.5. The lowest BCUT2D eigenvalue weighted by atomic mass is 10.2. The Kier molecular flexibility index (Phi) is 4.80. The topological polar surface area (TPSA) is 52.7 Å². The fraction of sp³-hybridized carbons (Fsp3) is 0.667. The van der Waals surface area contributed by atoms with E-state index in [-0.39, 0.29) is 9.23 Å². The maximum absolute atomic E-state index is 12.6. The molecule has 1 unspecified atom stereocenters. The number of hydrogen-bond acceptors (Lipinski definition) is 5. The average molecular weight is 370 g/mol. The molecular formula is C12H17Cl2N3O2S2. The first kappa shape index (κ1) is 16.0. The molecule has 2 aliphatic rings. The average Bonchev–Trinajstić information content (AvgIpc) is 3.09. The zero-order valence-corrected chi connectivity index (χ0v) is 14.5. The molecule has 118 valence electrons. The van der Waals surface area contributed by atoms with Crippen LogP contribution in [0.2, 0.25) is 8.67 Å². The van der Waals surface area contributed by atoms with Crippen molar-refractivity contribution in [1.29, 1.82) is 0 Å². The van der Waals surface area contributed by atoms with E-state index in [0.717, 1.165) is 43.9 Å². The Labute approximate surface area is 138 Å². The summed E-state index contributed by atoms with van der Waals surface area (Å²) in [5.74, 6) is 0. The smallest absolute Gasteiger partial charge is 0.245 e. The molecule has 5 nitrogen and oxygen atoms in total. The number of hydrogen-bond donors (Lipinski definition) is 1. The van der Waals surface area contributed by atoms with Crippen LogP contribution < -0.4 is 5.32 Å². The van der Waals surface area contributed by atoms with Gasteiger partial charge in [0.2, 0.25) is 10.0 Å².